The number of hydrogen-bond donors (Lipinski definition) is 2. The maximum Gasteiger partial charge on any atom is 0.341 e. The van der Waals surface area contributed by atoms with Crippen LogP contribution in [0.3, 0.4) is 0 Å². The first-order valence-electron chi connectivity index (χ1n) is 8.91. The molecule has 4 rings (SSSR count). The molecule has 1 heterocycles. The summed E-state index contributed by atoms with van der Waals surface area (Å²) in [5.41, 5.74) is 2.15. The smallest absolute Gasteiger partial charge is 0.341 e. The van der Waals surface area contributed by atoms with Crippen LogP contribution in [0.15, 0.2) is 66.7 Å². The average molecular weight is 422 g/mol. The van der Waals surface area contributed by atoms with Crippen LogP contribution in [0.2, 0.25) is 0 Å². The number of carboxylic acid groups (broad SMARTS) is 1. The fraction of sp³-hybridized carbons (Fsp3) is 0.0455. The number of aliphatic carboxylic acids is 1. The number of halogens is 1. The molecule has 3 aromatic carbocycles. The summed E-state index contributed by atoms with van der Waals surface area (Å²) in [6, 6.07) is 17.7. The molecule has 1 amide bonds. The summed E-state index contributed by atoms with van der Waals surface area (Å²) in [5.74, 6) is -1.58. The van der Waals surface area contributed by atoms with Crippen molar-refractivity contribution in [3.05, 3.63) is 78.1 Å². The molecule has 0 unspecified atom stereocenters. The molecule has 0 spiro atoms. The van der Waals surface area contributed by atoms with Gasteiger partial charge in [0.05, 0.1) is 15.8 Å². The number of anilines is 1. The van der Waals surface area contributed by atoms with Crippen LogP contribution in [-0.4, -0.2) is 28.6 Å². The van der Waals surface area contributed by atoms with E-state index in [9.17, 15) is 14.0 Å². The Kier molecular flexibility index (Phi) is 5.40. The standard InChI is InChI=1S/C22H15FN2O4S/c23-14-7-5-13(6-8-14)21(28)24-15-9-10-18(29-12-20(26)27)16(11-15)22-25-17-3-1-2-4-19(17)30-22/h1-11H,12H2,(H,24,28)(H,26,27). The number of ether oxygens (including phenoxy) is 1. The molecule has 0 aliphatic carbocycles. The van der Waals surface area contributed by atoms with E-state index in [0.717, 1.165) is 10.2 Å². The van der Waals surface area contributed by atoms with Crippen molar-refractivity contribution in [1.29, 1.82) is 0 Å². The Morgan fingerprint density at radius 2 is 1.83 bits per heavy atom. The molecule has 6 nitrogen and oxygen atoms in total. The summed E-state index contributed by atoms with van der Waals surface area (Å²) in [5, 5.41) is 12.3. The van der Waals surface area contributed by atoms with Crippen molar-refractivity contribution in [2.75, 3.05) is 11.9 Å². The fourth-order valence-electron chi connectivity index (χ4n) is 2.83. The van der Waals surface area contributed by atoms with Crippen molar-refractivity contribution >= 4 is 39.1 Å². The van der Waals surface area contributed by atoms with E-state index in [0.29, 0.717) is 27.6 Å². The van der Waals surface area contributed by atoms with Gasteiger partial charge in [-0.25, -0.2) is 14.2 Å². The van der Waals surface area contributed by atoms with Gasteiger partial charge in [0.15, 0.2) is 6.61 Å². The molecular formula is C22H15FN2O4S. The predicted molar refractivity (Wildman–Crippen MR) is 113 cm³/mol. The van der Waals surface area contributed by atoms with E-state index in [2.05, 4.69) is 10.3 Å². The molecule has 30 heavy (non-hydrogen) atoms. The number of carbonyl (C=O) groups excluding carboxylic acids is 1. The highest BCUT2D eigenvalue weighted by atomic mass is 32.1. The Labute approximate surface area is 174 Å². The lowest BCUT2D eigenvalue weighted by atomic mass is 10.1. The van der Waals surface area contributed by atoms with Gasteiger partial charge in [-0.1, -0.05) is 12.1 Å². The minimum atomic E-state index is -1.10. The van der Waals surface area contributed by atoms with Crippen LogP contribution in [0.4, 0.5) is 10.1 Å². The van der Waals surface area contributed by atoms with Crippen molar-refractivity contribution in [3.8, 4) is 16.3 Å². The third-order valence-electron chi connectivity index (χ3n) is 4.22. The monoisotopic (exact) mass is 422 g/mol. The number of aromatic nitrogens is 1. The molecule has 2 N–H and O–H groups in total. The first-order chi connectivity index (χ1) is 14.5. The molecule has 0 radical (unpaired) electrons. The van der Waals surface area contributed by atoms with Gasteiger partial charge >= 0.3 is 5.97 Å². The second-order valence-electron chi connectivity index (χ2n) is 6.34. The van der Waals surface area contributed by atoms with Crippen LogP contribution >= 0.6 is 11.3 Å². The molecule has 0 aliphatic rings. The fourth-order valence-corrected chi connectivity index (χ4v) is 3.82. The van der Waals surface area contributed by atoms with Crippen LogP contribution in [0, 0.1) is 5.82 Å². The van der Waals surface area contributed by atoms with Gasteiger partial charge in [-0.2, -0.15) is 0 Å². The van der Waals surface area contributed by atoms with Crippen LogP contribution in [0.1, 0.15) is 10.4 Å². The molecule has 150 valence electrons. The number of amides is 1. The van der Waals surface area contributed by atoms with E-state index in [1.165, 1.54) is 35.6 Å². The molecule has 1 aromatic heterocycles. The number of benzene rings is 3. The van der Waals surface area contributed by atoms with E-state index in [1.807, 2.05) is 24.3 Å². The van der Waals surface area contributed by atoms with E-state index in [4.69, 9.17) is 9.84 Å². The third kappa shape index (κ3) is 4.28. The molecule has 0 bridgehead atoms. The average Bonchev–Trinajstić information content (AvgIpc) is 3.17. The van der Waals surface area contributed by atoms with Crippen molar-refractivity contribution in [2.24, 2.45) is 0 Å². The van der Waals surface area contributed by atoms with Gasteiger partial charge in [-0.15, -0.1) is 11.3 Å². The second-order valence-corrected chi connectivity index (χ2v) is 7.37. The van der Waals surface area contributed by atoms with Crippen molar-refractivity contribution in [1.82, 2.24) is 4.98 Å². The van der Waals surface area contributed by atoms with Crippen LogP contribution in [-0.2, 0) is 4.79 Å². The van der Waals surface area contributed by atoms with E-state index >= 15 is 0 Å². The summed E-state index contributed by atoms with van der Waals surface area (Å²) < 4.78 is 19.5. The van der Waals surface area contributed by atoms with Crippen LogP contribution in [0.25, 0.3) is 20.8 Å². The van der Waals surface area contributed by atoms with Crippen LogP contribution < -0.4 is 10.1 Å². The number of carbonyl (C=O) groups is 2. The summed E-state index contributed by atoms with van der Waals surface area (Å²) in [6.07, 6.45) is 0. The number of fused-ring (bicyclic) bond motifs is 1. The number of para-hydroxylation sites is 1. The zero-order valence-corrected chi connectivity index (χ0v) is 16.3. The summed E-state index contributed by atoms with van der Waals surface area (Å²) in [6.45, 7) is -0.501. The summed E-state index contributed by atoms with van der Waals surface area (Å²) in [4.78, 5) is 28.0. The number of rotatable bonds is 6. The van der Waals surface area contributed by atoms with Gasteiger partial charge in [0.1, 0.15) is 16.6 Å². The molecule has 0 aliphatic heterocycles. The highest BCUT2D eigenvalue weighted by Crippen LogP contribution is 2.37. The predicted octanol–water partition coefficient (Wildman–Crippen LogP) is 4.82. The van der Waals surface area contributed by atoms with Crippen molar-refractivity contribution < 1.29 is 23.8 Å². The van der Waals surface area contributed by atoms with Gasteiger partial charge in [-0.3, -0.25) is 4.79 Å². The van der Waals surface area contributed by atoms with Gasteiger partial charge in [0, 0.05) is 11.3 Å². The van der Waals surface area contributed by atoms with Crippen molar-refractivity contribution in [3.63, 3.8) is 0 Å². The largest absolute Gasteiger partial charge is 0.481 e. The van der Waals surface area contributed by atoms with E-state index in [-0.39, 0.29) is 0 Å². The number of carboxylic acids is 1. The van der Waals surface area contributed by atoms with Crippen molar-refractivity contribution in [2.45, 2.75) is 0 Å². The minimum Gasteiger partial charge on any atom is -0.481 e. The topological polar surface area (TPSA) is 88.5 Å². The Balaban J connectivity index is 1.69. The normalized spacial score (nSPS) is 10.7. The highest BCUT2D eigenvalue weighted by Gasteiger charge is 2.15. The number of nitrogens with zero attached hydrogens (tertiary/aromatic N) is 1. The quantitative estimate of drug-likeness (QED) is 0.465. The molecule has 0 atom stereocenters. The third-order valence-corrected chi connectivity index (χ3v) is 5.29. The van der Waals surface area contributed by atoms with E-state index in [1.54, 1.807) is 18.2 Å². The number of thiazole rings is 1. The van der Waals surface area contributed by atoms with Gasteiger partial charge in [-0.05, 0) is 54.6 Å². The molecule has 0 fully saturated rings. The lowest BCUT2D eigenvalue weighted by molar-refractivity contribution is -0.139. The summed E-state index contributed by atoms with van der Waals surface area (Å²) >= 11 is 1.43. The Morgan fingerprint density at radius 1 is 1.07 bits per heavy atom. The van der Waals surface area contributed by atoms with Crippen LogP contribution in [0.5, 0.6) is 5.75 Å². The maximum atomic E-state index is 13.1. The van der Waals surface area contributed by atoms with Gasteiger partial charge in [0.25, 0.3) is 5.91 Å². The minimum absolute atomic E-state index is 0.309. The molecule has 0 saturated heterocycles. The first-order valence-corrected chi connectivity index (χ1v) is 9.73. The molecule has 4 aromatic rings. The second kappa shape index (κ2) is 8.30. The van der Waals surface area contributed by atoms with Gasteiger partial charge < -0.3 is 15.2 Å². The lowest BCUT2D eigenvalue weighted by Crippen LogP contribution is -2.12. The SMILES string of the molecule is O=C(O)COc1ccc(NC(=O)c2ccc(F)cc2)cc1-c1nc2ccccc2s1. The molecule has 0 saturated carbocycles. The Morgan fingerprint density at radius 3 is 2.57 bits per heavy atom. The number of nitrogens with one attached hydrogen (secondary N) is 1. The maximum absolute atomic E-state index is 13.1. The zero-order valence-electron chi connectivity index (χ0n) is 15.5. The lowest BCUT2D eigenvalue weighted by Gasteiger charge is -2.11. The summed E-state index contributed by atoms with van der Waals surface area (Å²) in [7, 11) is 0. The highest BCUT2D eigenvalue weighted by molar-refractivity contribution is 7.21. The number of hydrogen-bond acceptors (Lipinski definition) is 5. The molecule has 8 heteroatoms. The Hall–Kier alpha value is -3.78. The Bertz CT molecular complexity index is 1200. The first kappa shape index (κ1) is 19.5. The van der Waals surface area contributed by atoms with E-state index < -0.39 is 24.3 Å². The molecular weight excluding hydrogens is 407 g/mol. The zero-order chi connectivity index (χ0) is 21.1. The van der Waals surface area contributed by atoms with Gasteiger partial charge in [0.2, 0.25) is 0 Å².